The van der Waals surface area contributed by atoms with Crippen molar-refractivity contribution in [2.45, 2.75) is 13.8 Å². The molecule has 2 nitrogen and oxygen atoms in total. The Morgan fingerprint density at radius 1 is 1.11 bits per heavy atom. The number of hydrogen-bond acceptors (Lipinski definition) is 2. The third-order valence-electron chi connectivity index (χ3n) is 2.88. The molecule has 2 rings (SSSR count). The molecule has 0 saturated heterocycles. The van der Waals surface area contributed by atoms with Gasteiger partial charge in [0.15, 0.2) is 5.78 Å². The van der Waals surface area contributed by atoms with Gasteiger partial charge in [0.2, 0.25) is 0 Å². The zero-order chi connectivity index (χ0) is 13.0. The molecule has 0 fully saturated rings. The fraction of sp³-hybridized carbons (Fsp3) is 0.125. The highest BCUT2D eigenvalue weighted by Gasteiger charge is 2.03. The van der Waals surface area contributed by atoms with Crippen molar-refractivity contribution >= 4 is 11.9 Å². The summed E-state index contributed by atoms with van der Waals surface area (Å²) in [7, 11) is 0. The van der Waals surface area contributed by atoms with E-state index in [1.165, 1.54) is 5.56 Å². The van der Waals surface area contributed by atoms with Crippen LogP contribution in [0.3, 0.4) is 0 Å². The van der Waals surface area contributed by atoms with E-state index < -0.39 is 0 Å². The minimum atomic E-state index is 0.00348. The average Bonchev–Trinajstić information content (AvgIpc) is 2.40. The van der Waals surface area contributed by atoms with Gasteiger partial charge in [-0.2, -0.15) is 0 Å². The first-order valence-electron chi connectivity index (χ1n) is 5.87. The number of benzene rings is 1. The van der Waals surface area contributed by atoms with Crippen molar-refractivity contribution in [1.29, 1.82) is 0 Å². The molecule has 0 amide bonds. The highest BCUT2D eigenvalue weighted by atomic mass is 16.1. The summed E-state index contributed by atoms with van der Waals surface area (Å²) in [5.74, 6) is 0.00348. The average molecular weight is 237 g/mol. The minimum Gasteiger partial charge on any atom is -0.289 e. The summed E-state index contributed by atoms with van der Waals surface area (Å²) in [6, 6.07) is 11.4. The van der Waals surface area contributed by atoms with Crippen LogP contribution in [0.15, 0.2) is 48.7 Å². The maximum absolute atomic E-state index is 12.0. The molecule has 0 atom stereocenters. The molecule has 0 spiro atoms. The molecule has 0 saturated carbocycles. The second-order valence-electron chi connectivity index (χ2n) is 4.25. The summed E-state index contributed by atoms with van der Waals surface area (Å²) in [6.45, 7) is 4.04. The van der Waals surface area contributed by atoms with E-state index >= 15 is 0 Å². The lowest BCUT2D eigenvalue weighted by Crippen LogP contribution is -1.95. The first kappa shape index (κ1) is 12.2. The Hall–Kier alpha value is -2.22. The molecule has 2 aromatic rings. The Bertz CT molecular complexity index is 585. The number of hydrogen-bond donors (Lipinski definition) is 0. The van der Waals surface area contributed by atoms with Crippen molar-refractivity contribution in [1.82, 2.24) is 4.98 Å². The number of aryl methyl sites for hydroxylation is 2. The summed E-state index contributed by atoms with van der Waals surface area (Å²) in [5, 5.41) is 0. The third-order valence-corrected chi connectivity index (χ3v) is 2.88. The molecule has 0 aliphatic carbocycles. The van der Waals surface area contributed by atoms with Crippen molar-refractivity contribution in [3.8, 4) is 0 Å². The van der Waals surface area contributed by atoms with E-state index in [2.05, 4.69) is 4.98 Å². The molecule has 0 unspecified atom stereocenters. The molecule has 1 aromatic carbocycles. The molecule has 18 heavy (non-hydrogen) atoms. The second-order valence-corrected chi connectivity index (χ2v) is 4.25. The molecular formula is C16H15NO. The first-order valence-corrected chi connectivity index (χ1v) is 5.87. The van der Waals surface area contributed by atoms with Crippen LogP contribution in [0.25, 0.3) is 6.08 Å². The molecule has 2 heteroatoms. The van der Waals surface area contributed by atoms with E-state index in [1.807, 2.05) is 50.2 Å². The topological polar surface area (TPSA) is 30.0 Å². The lowest BCUT2D eigenvalue weighted by atomic mass is 10.0. The van der Waals surface area contributed by atoms with Gasteiger partial charge in [0.05, 0.1) is 5.69 Å². The Balaban J connectivity index is 2.17. The van der Waals surface area contributed by atoms with Crippen LogP contribution in [-0.2, 0) is 0 Å². The maximum Gasteiger partial charge on any atom is 0.185 e. The standard InChI is InChI=1S/C16H15NO/c1-12-6-7-14(11-13(12)2)16(18)9-8-15-5-3-4-10-17-15/h3-11H,1-2H3/b9-8+. The van der Waals surface area contributed by atoms with Gasteiger partial charge in [-0.1, -0.05) is 18.2 Å². The molecule has 0 aliphatic rings. The van der Waals surface area contributed by atoms with Gasteiger partial charge in [0.1, 0.15) is 0 Å². The van der Waals surface area contributed by atoms with E-state index in [1.54, 1.807) is 18.3 Å². The Labute approximate surface area is 107 Å². The highest BCUT2D eigenvalue weighted by Crippen LogP contribution is 2.11. The SMILES string of the molecule is Cc1ccc(C(=O)/C=C/c2ccccn2)cc1C. The van der Waals surface area contributed by atoms with E-state index in [9.17, 15) is 4.79 Å². The highest BCUT2D eigenvalue weighted by molar-refractivity contribution is 6.06. The summed E-state index contributed by atoms with van der Waals surface area (Å²) in [5.41, 5.74) is 3.83. The Morgan fingerprint density at radius 2 is 1.94 bits per heavy atom. The number of aromatic nitrogens is 1. The van der Waals surface area contributed by atoms with Crippen LogP contribution in [0.1, 0.15) is 27.2 Å². The lowest BCUT2D eigenvalue weighted by molar-refractivity contribution is 0.104. The van der Waals surface area contributed by atoms with Crippen molar-refractivity contribution in [3.05, 3.63) is 71.1 Å². The molecule has 90 valence electrons. The minimum absolute atomic E-state index is 0.00348. The van der Waals surface area contributed by atoms with Crippen LogP contribution in [-0.4, -0.2) is 10.8 Å². The third kappa shape index (κ3) is 2.92. The van der Waals surface area contributed by atoms with Crippen molar-refractivity contribution in [2.75, 3.05) is 0 Å². The summed E-state index contributed by atoms with van der Waals surface area (Å²) in [4.78, 5) is 16.1. The van der Waals surface area contributed by atoms with Gasteiger partial charge in [0.25, 0.3) is 0 Å². The number of nitrogens with zero attached hydrogens (tertiary/aromatic N) is 1. The monoisotopic (exact) mass is 237 g/mol. The summed E-state index contributed by atoms with van der Waals surface area (Å²) in [6.07, 6.45) is 5.00. The van der Waals surface area contributed by atoms with Crippen molar-refractivity contribution < 1.29 is 4.79 Å². The molecule has 1 heterocycles. The largest absolute Gasteiger partial charge is 0.289 e. The second kappa shape index (κ2) is 5.41. The van der Waals surface area contributed by atoms with Gasteiger partial charge in [-0.15, -0.1) is 0 Å². The smallest absolute Gasteiger partial charge is 0.185 e. The van der Waals surface area contributed by atoms with Crippen LogP contribution < -0.4 is 0 Å². The zero-order valence-electron chi connectivity index (χ0n) is 10.6. The predicted octanol–water partition coefficient (Wildman–Crippen LogP) is 3.59. The maximum atomic E-state index is 12.0. The van der Waals surface area contributed by atoms with Gasteiger partial charge in [0, 0.05) is 11.8 Å². The first-order chi connectivity index (χ1) is 8.66. The normalized spacial score (nSPS) is 10.8. The van der Waals surface area contributed by atoms with Gasteiger partial charge in [-0.25, -0.2) is 0 Å². The molecule has 1 aromatic heterocycles. The number of ketones is 1. The summed E-state index contributed by atoms with van der Waals surface area (Å²) >= 11 is 0. The number of carbonyl (C=O) groups is 1. The predicted molar refractivity (Wildman–Crippen MR) is 73.5 cm³/mol. The zero-order valence-corrected chi connectivity index (χ0v) is 10.6. The number of carbonyl (C=O) groups excluding carboxylic acids is 1. The van der Waals surface area contributed by atoms with Crippen LogP contribution in [0.4, 0.5) is 0 Å². The van der Waals surface area contributed by atoms with Gasteiger partial charge in [-0.3, -0.25) is 9.78 Å². The van der Waals surface area contributed by atoms with E-state index in [0.717, 1.165) is 11.3 Å². The van der Waals surface area contributed by atoms with Gasteiger partial charge in [-0.05, 0) is 55.3 Å². The molecule has 0 radical (unpaired) electrons. The van der Waals surface area contributed by atoms with Gasteiger partial charge < -0.3 is 0 Å². The van der Waals surface area contributed by atoms with E-state index in [0.29, 0.717) is 5.56 Å². The fourth-order valence-corrected chi connectivity index (χ4v) is 1.63. The lowest BCUT2D eigenvalue weighted by Gasteiger charge is -2.01. The number of rotatable bonds is 3. The van der Waals surface area contributed by atoms with Crippen LogP contribution >= 0.6 is 0 Å². The van der Waals surface area contributed by atoms with Crippen LogP contribution in [0.2, 0.25) is 0 Å². The molecular weight excluding hydrogens is 222 g/mol. The van der Waals surface area contributed by atoms with Crippen molar-refractivity contribution in [3.63, 3.8) is 0 Å². The van der Waals surface area contributed by atoms with Gasteiger partial charge >= 0.3 is 0 Å². The summed E-state index contributed by atoms with van der Waals surface area (Å²) < 4.78 is 0. The Morgan fingerprint density at radius 3 is 2.61 bits per heavy atom. The molecule has 0 N–H and O–H groups in total. The number of pyridine rings is 1. The van der Waals surface area contributed by atoms with Crippen molar-refractivity contribution in [2.24, 2.45) is 0 Å². The van der Waals surface area contributed by atoms with Crippen LogP contribution in [0, 0.1) is 13.8 Å². The van der Waals surface area contributed by atoms with Crippen LogP contribution in [0.5, 0.6) is 0 Å². The van der Waals surface area contributed by atoms with E-state index in [4.69, 9.17) is 0 Å². The fourth-order valence-electron chi connectivity index (χ4n) is 1.63. The quantitative estimate of drug-likeness (QED) is 0.603. The number of allylic oxidation sites excluding steroid dienone is 1. The molecule has 0 bridgehead atoms. The Kier molecular flexibility index (Phi) is 3.68. The van der Waals surface area contributed by atoms with E-state index in [-0.39, 0.29) is 5.78 Å². The molecule has 0 aliphatic heterocycles.